The number of aryl methyl sites for hydroxylation is 1. The third-order valence-electron chi connectivity index (χ3n) is 9.90. The number of hydrogen-bond acceptors (Lipinski definition) is 4. The van der Waals surface area contributed by atoms with Gasteiger partial charge in [-0.2, -0.15) is 0 Å². The number of aliphatic hydroxyl groups excluding tert-OH is 1. The fourth-order valence-electron chi connectivity index (χ4n) is 8.50. The Labute approximate surface area is 180 Å². The highest BCUT2D eigenvalue weighted by Crippen LogP contribution is 2.65. The second-order valence-electron chi connectivity index (χ2n) is 11.4. The molecular weight excluding hydrogens is 378 g/mol. The largest absolute Gasteiger partial charge is 0.391 e. The van der Waals surface area contributed by atoms with Gasteiger partial charge in [0.25, 0.3) is 0 Å². The molecule has 1 heterocycles. The molecule has 4 saturated carbocycles. The molecule has 1 aromatic rings. The molecule has 0 amide bonds. The van der Waals surface area contributed by atoms with E-state index in [4.69, 9.17) is 0 Å². The molecule has 4 fully saturated rings. The van der Waals surface area contributed by atoms with Crippen molar-refractivity contribution in [2.75, 3.05) is 0 Å². The van der Waals surface area contributed by atoms with Crippen LogP contribution < -0.4 is 0 Å². The monoisotopic (exact) mass is 417 g/mol. The molecule has 4 aliphatic rings. The average Bonchev–Trinajstić information content (AvgIpc) is 3.29. The molecule has 0 aliphatic heterocycles. The molecule has 0 unspecified atom stereocenters. The topological polar surface area (TPSA) is 53.4 Å². The maximum absolute atomic E-state index is 10.6. The van der Waals surface area contributed by atoms with E-state index in [0.29, 0.717) is 5.41 Å². The van der Waals surface area contributed by atoms with Gasteiger partial charge in [-0.25, -0.2) is 4.98 Å². The summed E-state index contributed by atoms with van der Waals surface area (Å²) in [6.45, 7) is 4.83. The highest BCUT2D eigenvalue weighted by molar-refractivity contribution is 7.11. The van der Waals surface area contributed by atoms with Crippen molar-refractivity contribution >= 4 is 11.3 Å². The van der Waals surface area contributed by atoms with Crippen LogP contribution in [0, 0.1) is 40.9 Å². The molecule has 29 heavy (non-hydrogen) atoms. The number of rotatable bonds is 4. The van der Waals surface area contributed by atoms with E-state index in [1.165, 1.54) is 56.4 Å². The minimum absolute atomic E-state index is 0.127. The van der Waals surface area contributed by atoms with E-state index in [1.54, 1.807) is 11.3 Å². The van der Waals surface area contributed by atoms with Crippen LogP contribution in [0.1, 0.15) is 87.9 Å². The Morgan fingerprint density at radius 3 is 2.66 bits per heavy atom. The van der Waals surface area contributed by atoms with Crippen molar-refractivity contribution in [2.24, 2.45) is 40.9 Å². The molecule has 1 aromatic heterocycles. The van der Waals surface area contributed by atoms with Gasteiger partial charge in [-0.3, -0.25) is 0 Å². The average molecular weight is 418 g/mol. The predicted molar refractivity (Wildman–Crippen MR) is 118 cm³/mol. The normalized spacial score (nSPS) is 46.8. The first kappa shape index (κ1) is 20.5. The molecule has 5 rings (SSSR count). The number of aliphatic hydroxyl groups is 2. The van der Waals surface area contributed by atoms with Crippen LogP contribution >= 0.6 is 11.3 Å². The van der Waals surface area contributed by atoms with Crippen LogP contribution in [0.5, 0.6) is 0 Å². The molecule has 3 nitrogen and oxygen atoms in total. The zero-order valence-electron chi connectivity index (χ0n) is 18.3. The fourth-order valence-corrected chi connectivity index (χ4v) is 9.30. The van der Waals surface area contributed by atoms with E-state index in [-0.39, 0.29) is 6.61 Å². The Morgan fingerprint density at radius 2 is 1.86 bits per heavy atom. The van der Waals surface area contributed by atoms with Gasteiger partial charge in [-0.1, -0.05) is 6.92 Å². The van der Waals surface area contributed by atoms with Gasteiger partial charge >= 0.3 is 0 Å². The van der Waals surface area contributed by atoms with Crippen molar-refractivity contribution in [3.05, 3.63) is 16.1 Å². The van der Waals surface area contributed by atoms with Gasteiger partial charge in [-0.05, 0) is 118 Å². The predicted octanol–water partition coefficient (Wildman–Crippen LogP) is 5.59. The van der Waals surface area contributed by atoms with Crippen LogP contribution in [-0.2, 0) is 13.0 Å². The van der Waals surface area contributed by atoms with Crippen LogP contribution in [0.4, 0.5) is 0 Å². The van der Waals surface area contributed by atoms with E-state index in [0.717, 1.165) is 59.6 Å². The van der Waals surface area contributed by atoms with Crippen molar-refractivity contribution < 1.29 is 10.2 Å². The lowest BCUT2D eigenvalue weighted by Gasteiger charge is -2.57. The third-order valence-corrected chi connectivity index (χ3v) is 10.9. The SMILES string of the molecule is C[C@@]1(O)CC[C@H]2[C@H](CC[C@@H]3[C@@H]2CC[C@]2(C)[C@@H](CCc4ncc(CO)s4)CC[C@@H]32)C1. The molecule has 4 heteroatoms. The Balaban J connectivity index is 1.26. The van der Waals surface area contributed by atoms with Crippen LogP contribution in [0.2, 0.25) is 0 Å². The summed E-state index contributed by atoms with van der Waals surface area (Å²) in [7, 11) is 0. The Kier molecular flexibility index (Phi) is 5.36. The number of hydrogen-bond donors (Lipinski definition) is 2. The first-order valence-corrected chi connectivity index (χ1v) is 13.0. The molecule has 0 saturated heterocycles. The van der Waals surface area contributed by atoms with Crippen LogP contribution in [0.15, 0.2) is 6.20 Å². The van der Waals surface area contributed by atoms with E-state index in [1.807, 2.05) is 6.20 Å². The van der Waals surface area contributed by atoms with Crippen molar-refractivity contribution in [3.63, 3.8) is 0 Å². The standard InChI is InChI=1S/C25H39NO2S/c1-24(28)11-9-19-16(13-24)3-6-21-20(19)10-12-25(2)17(4-7-22(21)25)5-8-23-26-14-18(15-27)29-23/h14,16-17,19-22,27-28H,3-13,15H2,1-2H3/t16-,17-,19+,20-,21-,22+,24-,25-/m1/s1. The molecular formula is C25H39NO2S. The Morgan fingerprint density at radius 1 is 1.03 bits per heavy atom. The maximum Gasteiger partial charge on any atom is 0.0928 e. The molecule has 4 aliphatic carbocycles. The number of aromatic nitrogens is 1. The van der Waals surface area contributed by atoms with Gasteiger partial charge in [0.1, 0.15) is 0 Å². The first-order chi connectivity index (χ1) is 13.9. The highest BCUT2D eigenvalue weighted by Gasteiger charge is 2.57. The number of nitrogens with zero attached hydrogens (tertiary/aromatic N) is 1. The van der Waals surface area contributed by atoms with Gasteiger partial charge in [0, 0.05) is 6.20 Å². The maximum atomic E-state index is 10.6. The molecule has 162 valence electrons. The van der Waals surface area contributed by atoms with E-state index in [9.17, 15) is 10.2 Å². The lowest BCUT2D eigenvalue weighted by Crippen LogP contribution is -2.50. The van der Waals surface area contributed by atoms with E-state index >= 15 is 0 Å². The second-order valence-corrected chi connectivity index (χ2v) is 12.6. The van der Waals surface area contributed by atoms with Gasteiger partial charge in [0.15, 0.2) is 0 Å². The summed E-state index contributed by atoms with van der Waals surface area (Å²) in [6, 6.07) is 0. The van der Waals surface area contributed by atoms with Crippen molar-refractivity contribution in [3.8, 4) is 0 Å². The number of thiazole rings is 1. The lowest BCUT2D eigenvalue weighted by molar-refractivity contribution is -0.0999. The van der Waals surface area contributed by atoms with Crippen LogP contribution in [-0.4, -0.2) is 20.8 Å². The Bertz CT molecular complexity index is 730. The van der Waals surface area contributed by atoms with Gasteiger partial charge in [-0.15, -0.1) is 11.3 Å². The summed E-state index contributed by atoms with van der Waals surface area (Å²) in [5, 5.41) is 21.1. The van der Waals surface area contributed by atoms with Crippen LogP contribution in [0.3, 0.4) is 0 Å². The molecule has 8 atom stereocenters. The number of fused-ring (bicyclic) bond motifs is 5. The van der Waals surface area contributed by atoms with Crippen molar-refractivity contribution in [1.82, 2.24) is 4.98 Å². The van der Waals surface area contributed by atoms with Crippen molar-refractivity contribution in [2.45, 2.75) is 96.7 Å². The molecule has 0 radical (unpaired) electrons. The molecule has 0 aromatic carbocycles. The summed E-state index contributed by atoms with van der Waals surface area (Å²) in [5.74, 6) is 5.34. The summed E-state index contributed by atoms with van der Waals surface area (Å²) in [5.41, 5.74) is 0.132. The highest BCUT2D eigenvalue weighted by atomic mass is 32.1. The quantitative estimate of drug-likeness (QED) is 0.671. The lowest BCUT2D eigenvalue weighted by atomic mass is 9.49. The summed E-state index contributed by atoms with van der Waals surface area (Å²) in [6.07, 6.45) is 16.0. The summed E-state index contributed by atoms with van der Waals surface area (Å²) < 4.78 is 0. The second kappa shape index (κ2) is 7.60. The summed E-state index contributed by atoms with van der Waals surface area (Å²) in [4.78, 5) is 5.53. The van der Waals surface area contributed by atoms with Gasteiger partial charge in [0.05, 0.1) is 22.1 Å². The van der Waals surface area contributed by atoms with Crippen molar-refractivity contribution in [1.29, 1.82) is 0 Å². The van der Waals surface area contributed by atoms with Gasteiger partial charge in [0.2, 0.25) is 0 Å². The Hall–Kier alpha value is -0.450. The molecule has 0 spiro atoms. The fraction of sp³-hybridized carbons (Fsp3) is 0.880. The molecule has 2 N–H and O–H groups in total. The minimum Gasteiger partial charge on any atom is -0.391 e. The first-order valence-electron chi connectivity index (χ1n) is 12.2. The van der Waals surface area contributed by atoms with E-state index < -0.39 is 5.60 Å². The minimum atomic E-state index is -0.401. The van der Waals surface area contributed by atoms with E-state index in [2.05, 4.69) is 18.8 Å². The third kappa shape index (κ3) is 3.61. The zero-order valence-corrected chi connectivity index (χ0v) is 19.1. The molecule has 0 bridgehead atoms. The zero-order chi connectivity index (χ0) is 20.2. The summed E-state index contributed by atoms with van der Waals surface area (Å²) >= 11 is 1.69. The smallest absolute Gasteiger partial charge is 0.0928 e. The van der Waals surface area contributed by atoms with Crippen LogP contribution in [0.25, 0.3) is 0 Å². The van der Waals surface area contributed by atoms with Gasteiger partial charge < -0.3 is 10.2 Å².